The van der Waals surface area contributed by atoms with Gasteiger partial charge in [0.1, 0.15) is 0 Å². The standard InChI is InChI=1S/2C2H6O.2C2H5.O.Zr/c2*1-2-3;2*1-2;;/h2*3H,2H2,1H3;2*1H2,2H3;;/q;;2*-1;;+2. The molecular weight excluding hydrogens is 235 g/mol. The third kappa shape index (κ3) is 2690. The van der Waals surface area contributed by atoms with E-state index in [1.165, 1.54) is 0 Å². The van der Waals surface area contributed by atoms with Gasteiger partial charge in [0.05, 0.1) is 0 Å². The molecule has 0 aromatic carbocycles. The molecular formula is C8H22O3Zr. The van der Waals surface area contributed by atoms with Crippen LogP contribution in [0.2, 0.25) is 0 Å². The summed E-state index contributed by atoms with van der Waals surface area (Å²) < 4.78 is 8.34. The molecule has 0 fully saturated rings. The van der Waals surface area contributed by atoms with Gasteiger partial charge in [-0.05, 0) is 13.8 Å². The average Bonchev–Trinajstić information content (AvgIpc) is 2.16. The van der Waals surface area contributed by atoms with Gasteiger partial charge in [-0.25, -0.2) is 0 Å². The summed E-state index contributed by atoms with van der Waals surface area (Å²) in [5.74, 6) is 0. The molecule has 12 heavy (non-hydrogen) atoms. The Morgan fingerprint density at radius 1 is 0.917 bits per heavy atom. The molecule has 0 rings (SSSR count). The Morgan fingerprint density at radius 3 is 0.917 bits per heavy atom. The maximum absolute atomic E-state index is 8.34. The van der Waals surface area contributed by atoms with Crippen LogP contribution in [-0.2, 0) is 27.5 Å². The monoisotopic (exact) mass is 256 g/mol. The first kappa shape index (κ1) is 29.4. The van der Waals surface area contributed by atoms with E-state index in [4.69, 9.17) is 13.0 Å². The fraction of sp³-hybridized carbons (Fsp3) is 0.750. The van der Waals surface area contributed by atoms with Crippen molar-refractivity contribution in [1.29, 1.82) is 0 Å². The minimum absolute atomic E-state index is 0.250. The zero-order valence-corrected chi connectivity index (χ0v) is 11.1. The molecule has 0 aliphatic heterocycles. The van der Waals surface area contributed by atoms with Gasteiger partial charge < -0.3 is 24.1 Å². The van der Waals surface area contributed by atoms with Crippen LogP contribution < -0.4 is 0 Å². The predicted molar refractivity (Wildman–Crippen MR) is 48.3 cm³/mol. The molecule has 0 aromatic heterocycles. The van der Waals surface area contributed by atoms with Crippen LogP contribution in [0.15, 0.2) is 0 Å². The van der Waals surface area contributed by atoms with Gasteiger partial charge in [-0.3, -0.25) is 0 Å². The van der Waals surface area contributed by atoms with Gasteiger partial charge in [0, 0.05) is 13.2 Å². The molecule has 0 spiro atoms. The van der Waals surface area contributed by atoms with Crippen molar-refractivity contribution in [3.8, 4) is 0 Å². The number of hydrogen-bond donors (Lipinski definition) is 2. The molecule has 2 N–H and O–H groups in total. The molecule has 0 unspecified atom stereocenters. The maximum atomic E-state index is 8.34. The molecule has 0 aliphatic rings. The minimum atomic E-state index is 0.250. The van der Waals surface area contributed by atoms with Gasteiger partial charge >= 0.3 is 27.5 Å². The fourth-order valence-electron chi connectivity index (χ4n) is 0. The molecule has 0 saturated carbocycles. The first-order chi connectivity index (χ1) is 5.83. The molecule has 0 radical (unpaired) electrons. The van der Waals surface area contributed by atoms with E-state index in [2.05, 4.69) is 13.8 Å². The fourth-order valence-corrected chi connectivity index (χ4v) is 0. The van der Waals surface area contributed by atoms with E-state index in [9.17, 15) is 0 Å². The Hall–Kier alpha value is 0.603. The van der Waals surface area contributed by atoms with Crippen LogP contribution in [0.25, 0.3) is 0 Å². The quantitative estimate of drug-likeness (QED) is 0.648. The van der Waals surface area contributed by atoms with Gasteiger partial charge in [-0.1, -0.05) is 0 Å². The van der Waals surface area contributed by atoms with Crippen molar-refractivity contribution >= 4 is 0 Å². The van der Waals surface area contributed by atoms with Crippen LogP contribution in [0.4, 0.5) is 0 Å². The van der Waals surface area contributed by atoms with Crippen LogP contribution >= 0.6 is 0 Å². The molecule has 0 bridgehead atoms. The second-order valence-corrected chi connectivity index (χ2v) is 0.632. The number of hydrogen-bond acceptors (Lipinski definition) is 3. The molecule has 0 aromatic rings. The molecule has 0 heterocycles. The first-order valence-electron chi connectivity index (χ1n) is 3.67. The predicted octanol–water partition coefficient (Wildman–Crippen LogP) is 1.56. The van der Waals surface area contributed by atoms with E-state index in [0.717, 1.165) is 0 Å². The Morgan fingerprint density at radius 2 is 0.917 bits per heavy atom. The Bertz CT molecular complexity index is 21.8. The van der Waals surface area contributed by atoms with E-state index < -0.39 is 0 Å². The van der Waals surface area contributed by atoms with Crippen molar-refractivity contribution in [2.75, 3.05) is 13.2 Å². The van der Waals surface area contributed by atoms with E-state index in [0.29, 0.717) is 24.7 Å². The normalized spacial score (nSPS) is 4.50. The van der Waals surface area contributed by atoms with Crippen molar-refractivity contribution in [2.24, 2.45) is 0 Å². The van der Waals surface area contributed by atoms with Gasteiger partial charge in [0.15, 0.2) is 0 Å². The SMILES string of the molecule is CCO.CCO.[CH2-]C.[CH2-]C.[O]=[Zr+2]. The van der Waals surface area contributed by atoms with Crippen LogP contribution in [0, 0.1) is 13.8 Å². The molecule has 0 amide bonds. The third-order valence-electron chi connectivity index (χ3n) is 0. The molecule has 0 saturated heterocycles. The Labute approximate surface area is 92.5 Å². The summed E-state index contributed by atoms with van der Waals surface area (Å²) in [5, 5.41) is 15.1. The van der Waals surface area contributed by atoms with Crippen molar-refractivity contribution in [3.05, 3.63) is 13.8 Å². The Balaban J connectivity index is -0.0000000174. The van der Waals surface area contributed by atoms with E-state index in [-0.39, 0.29) is 13.2 Å². The Kier molecular flexibility index (Phi) is 471. The van der Waals surface area contributed by atoms with Gasteiger partial charge in [-0.15, -0.1) is 0 Å². The zero-order valence-electron chi connectivity index (χ0n) is 8.63. The second-order valence-electron chi connectivity index (χ2n) is 0.632. The molecule has 76 valence electrons. The van der Waals surface area contributed by atoms with Crippen molar-refractivity contribution in [1.82, 2.24) is 0 Å². The van der Waals surface area contributed by atoms with Crippen LogP contribution in [0.5, 0.6) is 0 Å². The zero-order chi connectivity index (χ0) is 11.4. The van der Waals surface area contributed by atoms with Gasteiger partial charge in [0.2, 0.25) is 0 Å². The van der Waals surface area contributed by atoms with Crippen molar-refractivity contribution < 1.29 is 37.7 Å². The summed E-state index contributed by atoms with van der Waals surface area (Å²) in [6.07, 6.45) is 0. The summed E-state index contributed by atoms with van der Waals surface area (Å²) in [4.78, 5) is 0. The first-order valence-corrected chi connectivity index (χ1v) is 4.67. The topological polar surface area (TPSA) is 57.5 Å². The molecule has 3 nitrogen and oxygen atoms in total. The van der Waals surface area contributed by atoms with Gasteiger partial charge in [-0.2, -0.15) is 13.8 Å². The van der Waals surface area contributed by atoms with Crippen LogP contribution in [0.3, 0.4) is 0 Å². The molecule has 0 aliphatic carbocycles. The number of aliphatic hydroxyl groups excluding tert-OH is 2. The molecule has 0 atom stereocenters. The third-order valence-corrected chi connectivity index (χ3v) is 0. The summed E-state index contributed by atoms with van der Waals surface area (Å²) in [6.45, 7) is 13.9. The van der Waals surface area contributed by atoms with Crippen LogP contribution in [-0.4, -0.2) is 23.4 Å². The number of aliphatic hydroxyl groups is 2. The summed E-state index contributed by atoms with van der Waals surface area (Å²) in [7, 11) is 0. The summed E-state index contributed by atoms with van der Waals surface area (Å²) >= 11 is 0.300. The van der Waals surface area contributed by atoms with Crippen LogP contribution in [0.1, 0.15) is 27.7 Å². The van der Waals surface area contributed by atoms with E-state index in [1.807, 2.05) is 0 Å². The van der Waals surface area contributed by atoms with Gasteiger partial charge in [0.25, 0.3) is 0 Å². The summed E-state index contributed by atoms with van der Waals surface area (Å²) in [6, 6.07) is 0. The van der Waals surface area contributed by atoms with Crippen molar-refractivity contribution in [2.45, 2.75) is 27.7 Å². The van der Waals surface area contributed by atoms with Crippen molar-refractivity contribution in [3.63, 3.8) is 0 Å². The molecule has 4 heteroatoms. The van der Waals surface area contributed by atoms with E-state index >= 15 is 0 Å². The second kappa shape index (κ2) is 193. The van der Waals surface area contributed by atoms with E-state index in [1.54, 1.807) is 27.7 Å². The number of rotatable bonds is 0. The average molecular weight is 257 g/mol. The summed E-state index contributed by atoms with van der Waals surface area (Å²) in [5.41, 5.74) is 0.